The van der Waals surface area contributed by atoms with Gasteiger partial charge in [0.1, 0.15) is 5.75 Å². The van der Waals surface area contributed by atoms with Crippen molar-refractivity contribution >= 4 is 23.5 Å². The zero-order valence-electron chi connectivity index (χ0n) is 18.7. The van der Waals surface area contributed by atoms with Crippen LogP contribution in [0.4, 0.5) is 0 Å². The molecule has 0 aliphatic carbocycles. The Morgan fingerprint density at radius 3 is 1.97 bits per heavy atom. The second-order valence-electron chi connectivity index (χ2n) is 7.89. The maximum Gasteiger partial charge on any atom is 0.167 e. The van der Waals surface area contributed by atoms with Crippen molar-refractivity contribution in [3.63, 3.8) is 0 Å². The highest BCUT2D eigenvalue weighted by Crippen LogP contribution is 2.32. The van der Waals surface area contributed by atoms with Gasteiger partial charge >= 0.3 is 0 Å². The minimum Gasteiger partial charge on any atom is -0.507 e. The maximum absolute atomic E-state index is 10.2. The molecule has 0 fully saturated rings. The van der Waals surface area contributed by atoms with E-state index in [1.165, 1.54) is 0 Å². The first-order chi connectivity index (χ1) is 16.7. The molecule has 0 aliphatic rings. The number of phenolic OH excluding ortho intramolecular Hbond substituents is 1. The van der Waals surface area contributed by atoms with Crippen molar-refractivity contribution in [2.45, 2.75) is 18.6 Å². The van der Waals surface area contributed by atoms with E-state index in [1.807, 2.05) is 66.7 Å². The Labute approximate surface area is 206 Å². The summed E-state index contributed by atoms with van der Waals surface area (Å²) in [5.74, 6) is 0.197. The summed E-state index contributed by atoms with van der Waals surface area (Å²) in [5.41, 5.74) is 3.93. The van der Waals surface area contributed by atoms with Crippen molar-refractivity contribution in [2.24, 2.45) is 4.99 Å². The van der Waals surface area contributed by atoms with E-state index in [0.717, 1.165) is 16.7 Å². The van der Waals surface area contributed by atoms with Crippen molar-refractivity contribution in [1.82, 2.24) is 10.6 Å². The van der Waals surface area contributed by atoms with Crippen LogP contribution in [0.1, 0.15) is 34.3 Å². The first-order valence-electron chi connectivity index (χ1n) is 11.2. The Morgan fingerprint density at radius 2 is 1.32 bits per heavy atom. The molecule has 0 aromatic heterocycles. The number of benzene rings is 4. The molecule has 4 aromatic carbocycles. The molecule has 0 spiro atoms. The standard InChI is InChI=1S/C29H27N3OS/c33-26-19-11-10-18-25(26)21-30-27(23-14-6-2-7-15-23)28(24-16-8-3-9-17-24)32-29(34)31-20-22-12-4-1-5-13-22/h1-19,21,27-28,33H,20H2,(H2,31,32,34)/t27-,28+/m1/s1. The molecule has 0 unspecified atom stereocenters. The van der Waals surface area contributed by atoms with Crippen molar-refractivity contribution in [3.8, 4) is 5.75 Å². The van der Waals surface area contributed by atoms with E-state index < -0.39 is 0 Å². The fourth-order valence-electron chi connectivity index (χ4n) is 3.75. The van der Waals surface area contributed by atoms with Gasteiger partial charge in [-0.2, -0.15) is 0 Å². The van der Waals surface area contributed by atoms with Gasteiger partial charge in [-0.05, 0) is 41.0 Å². The SMILES string of the molecule is Oc1ccccc1C=N[C@H](c1ccccc1)[C@@H](NC(=S)NCc1ccccc1)c1ccccc1. The van der Waals surface area contributed by atoms with E-state index in [4.69, 9.17) is 17.2 Å². The second-order valence-corrected chi connectivity index (χ2v) is 8.30. The lowest BCUT2D eigenvalue weighted by molar-refractivity contribution is 0.474. The molecule has 170 valence electrons. The molecule has 4 nitrogen and oxygen atoms in total. The molecule has 0 saturated carbocycles. The number of rotatable bonds is 8. The monoisotopic (exact) mass is 465 g/mol. The van der Waals surface area contributed by atoms with Crippen LogP contribution in [0, 0.1) is 0 Å². The zero-order chi connectivity index (χ0) is 23.6. The molecule has 4 rings (SSSR count). The van der Waals surface area contributed by atoms with Crippen LogP contribution >= 0.6 is 12.2 Å². The lowest BCUT2D eigenvalue weighted by atomic mass is 9.93. The molecular formula is C29H27N3OS. The predicted molar refractivity (Wildman–Crippen MR) is 143 cm³/mol. The summed E-state index contributed by atoms with van der Waals surface area (Å²) in [5, 5.41) is 17.6. The molecule has 0 saturated heterocycles. The molecular weight excluding hydrogens is 438 g/mol. The molecule has 4 aromatic rings. The Bertz CT molecular complexity index is 1210. The highest BCUT2D eigenvalue weighted by Gasteiger charge is 2.25. The van der Waals surface area contributed by atoms with Gasteiger partial charge in [-0.1, -0.05) is 103 Å². The van der Waals surface area contributed by atoms with Crippen LogP contribution < -0.4 is 10.6 Å². The summed E-state index contributed by atoms with van der Waals surface area (Å²) < 4.78 is 0. The Kier molecular flexibility index (Phi) is 8.04. The van der Waals surface area contributed by atoms with Crippen LogP contribution in [0.3, 0.4) is 0 Å². The number of nitrogens with zero attached hydrogens (tertiary/aromatic N) is 1. The van der Waals surface area contributed by atoms with Gasteiger partial charge in [0.25, 0.3) is 0 Å². The summed E-state index contributed by atoms with van der Waals surface area (Å²) >= 11 is 5.68. The maximum atomic E-state index is 10.2. The van der Waals surface area contributed by atoms with Crippen LogP contribution in [-0.2, 0) is 6.54 Å². The predicted octanol–water partition coefficient (Wildman–Crippen LogP) is 5.96. The first kappa shape index (κ1) is 23.2. The third kappa shape index (κ3) is 6.30. The van der Waals surface area contributed by atoms with Crippen molar-refractivity contribution in [2.75, 3.05) is 0 Å². The van der Waals surface area contributed by atoms with Crippen LogP contribution in [0.2, 0.25) is 0 Å². The van der Waals surface area contributed by atoms with E-state index in [2.05, 4.69) is 47.0 Å². The fraction of sp³-hybridized carbons (Fsp3) is 0.103. The number of aromatic hydroxyl groups is 1. The van der Waals surface area contributed by atoms with Crippen LogP contribution in [0.15, 0.2) is 120 Å². The van der Waals surface area contributed by atoms with E-state index >= 15 is 0 Å². The van der Waals surface area contributed by atoms with Gasteiger partial charge in [0.05, 0.1) is 12.1 Å². The molecule has 3 N–H and O–H groups in total. The fourth-order valence-corrected chi connectivity index (χ4v) is 3.95. The zero-order valence-corrected chi connectivity index (χ0v) is 19.5. The van der Waals surface area contributed by atoms with Gasteiger partial charge in [0.15, 0.2) is 5.11 Å². The largest absolute Gasteiger partial charge is 0.507 e. The van der Waals surface area contributed by atoms with Crippen molar-refractivity contribution in [3.05, 3.63) is 138 Å². The molecule has 0 bridgehead atoms. The van der Waals surface area contributed by atoms with E-state index in [1.54, 1.807) is 18.3 Å². The number of hydrogen-bond donors (Lipinski definition) is 3. The van der Waals surface area contributed by atoms with E-state index in [-0.39, 0.29) is 17.8 Å². The Balaban J connectivity index is 1.64. The van der Waals surface area contributed by atoms with Crippen molar-refractivity contribution < 1.29 is 5.11 Å². The van der Waals surface area contributed by atoms with E-state index in [9.17, 15) is 5.11 Å². The number of thiocarbonyl (C=S) groups is 1. The van der Waals surface area contributed by atoms with Crippen LogP contribution in [0.25, 0.3) is 0 Å². The molecule has 0 heterocycles. The topological polar surface area (TPSA) is 56.7 Å². The second kappa shape index (κ2) is 11.8. The summed E-state index contributed by atoms with van der Waals surface area (Å²) in [7, 11) is 0. The number of para-hydroxylation sites is 1. The number of phenols is 1. The third-order valence-electron chi connectivity index (χ3n) is 5.51. The normalized spacial score (nSPS) is 12.7. The van der Waals surface area contributed by atoms with Crippen LogP contribution in [0.5, 0.6) is 5.75 Å². The van der Waals surface area contributed by atoms with Crippen molar-refractivity contribution in [1.29, 1.82) is 0 Å². The van der Waals surface area contributed by atoms with Crippen LogP contribution in [-0.4, -0.2) is 16.4 Å². The minimum absolute atomic E-state index is 0.197. The van der Waals surface area contributed by atoms with Gasteiger partial charge < -0.3 is 15.7 Å². The first-order valence-corrected chi connectivity index (χ1v) is 11.6. The number of hydrogen-bond acceptors (Lipinski definition) is 3. The van der Waals surface area contributed by atoms with Gasteiger partial charge in [-0.15, -0.1) is 0 Å². The van der Waals surface area contributed by atoms with Gasteiger partial charge in [0.2, 0.25) is 0 Å². The summed E-state index contributed by atoms with van der Waals surface area (Å²) in [6, 6.07) is 37.1. The summed E-state index contributed by atoms with van der Waals surface area (Å²) in [4.78, 5) is 4.94. The number of nitrogens with one attached hydrogen (secondary N) is 2. The average Bonchev–Trinajstić information content (AvgIpc) is 2.89. The molecule has 34 heavy (non-hydrogen) atoms. The molecule has 0 amide bonds. The molecule has 5 heteroatoms. The highest BCUT2D eigenvalue weighted by atomic mass is 32.1. The minimum atomic E-state index is -0.278. The summed E-state index contributed by atoms with van der Waals surface area (Å²) in [6.45, 7) is 0.630. The molecule has 0 radical (unpaired) electrons. The molecule has 0 aliphatic heterocycles. The van der Waals surface area contributed by atoms with E-state index in [0.29, 0.717) is 17.2 Å². The van der Waals surface area contributed by atoms with Gasteiger partial charge in [0, 0.05) is 18.3 Å². The third-order valence-corrected chi connectivity index (χ3v) is 5.77. The smallest absolute Gasteiger partial charge is 0.167 e. The highest BCUT2D eigenvalue weighted by molar-refractivity contribution is 7.80. The molecule has 2 atom stereocenters. The lowest BCUT2D eigenvalue weighted by Gasteiger charge is -2.28. The van der Waals surface area contributed by atoms with Gasteiger partial charge in [-0.25, -0.2) is 0 Å². The number of aliphatic imine (C=N–C) groups is 1. The van der Waals surface area contributed by atoms with Gasteiger partial charge in [-0.3, -0.25) is 4.99 Å². The lowest BCUT2D eigenvalue weighted by Crippen LogP contribution is -2.39. The Morgan fingerprint density at radius 1 is 0.765 bits per heavy atom. The quantitative estimate of drug-likeness (QED) is 0.222. The average molecular weight is 466 g/mol. The Hall–Kier alpha value is -3.96. The summed E-state index contributed by atoms with van der Waals surface area (Å²) in [6.07, 6.45) is 1.73.